The summed E-state index contributed by atoms with van der Waals surface area (Å²) in [5, 5.41) is 0. The van der Waals surface area contributed by atoms with E-state index in [4.69, 9.17) is 0 Å². The summed E-state index contributed by atoms with van der Waals surface area (Å²) in [5.74, 6) is 0.372. The van der Waals surface area contributed by atoms with Gasteiger partial charge in [0.1, 0.15) is 0 Å². The summed E-state index contributed by atoms with van der Waals surface area (Å²) >= 11 is 0. The maximum Gasteiger partial charge on any atom is 0.235 e. The minimum Gasteiger partial charge on any atom is -0.211 e. The maximum absolute atomic E-state index is 9.99. The first-order valence-corrected chi connectivity index (χ1v) is 4.83. The lowest BCUT2D eigenvalue weighted by Gasteiger charge is -2.13. The number of rotatable bonds is 7. The Hall–Kier alpha value is -1.24. The SMILES string of the molecule is CC(CCCCN=C=O)C(C)N=C=O. The summed E-state index contributed by atoms with van der Waals surface area (Å²) in [7, 11) is 0. The van der Waals surface area contributed by atoms with Gasteiger partial charge in [-0.2, -0.15) is 0 Å². The molecule has 2 atom stereocenters. The van der Waals surface area contributed by atoms with Crippen molar-refractivity contribution in [2.75, 3.05) is 6.54 Å². The quantitative estimate of drug-likeness (QED) is 0.354. The van der Waals surface area contributed by atoms with Gasteiger partial charge < -0.3 is 0 Å². The number of unbranched alkanes of at least 4 members (excludes halogenated alkanes) is 1. The van der Waals surface area contributed by atoms with Crippen molar-refractivity contribution < 1.29 is 9.59 Å². The lowest BCUT2D eigenvalue weighted by molar-refractivity contribution is 0.430. The molecule has 2 unspecified atom stereocenters. The fourth-order valence-electron chi connectivity index (χ4n) is 1.15. The van der Waals surface area contributed by atoms with Crippen LogP contribution in [0.15, 0.2) is 9.98 Å². The molecule has 0 spiro atoms. The summed E-state index contributed by atoms with van der Waals surface area (Å²) in [4.78, 5) is 26.8. The first kappa shape index (κ1) is 12.8. The minimum atomic E-state index is 0.0297. The van der Waals surface area contributed by atoms with Crippen LogP contribution in [-0.4, -0.2) is 24.7 Å². The van der Waals surface area contributed by atoms with Crippen LogP contribution in [0.5, 0.6) is 0 Å². The van der Waals surface area contributed by atoms with Crippen LogP contribution in [0.3, 0.4) is 0 Å². The van der Waals surface area contributed by atoms with Crippen molar-refractivity contribution in [3.05, 3.63) is 0 Å². The number of hydrogen-bond acceptors (Lipinski definition) is 4. The van der Waals surface area contributed by atoms with E-state index in [1.165, 1.54) is 6.08 Å². The van der Waals surface area contributed by atoms with Gasteiger partial charge in [-0.05, 0) is 25.7 Å². The molecule has 0 heterocycles. The highest BCUT2D eigenvalue weighted by Crippen LogP contribution is 2.14. The van der Waals surface area contributed by atoms with Crippen molar-refractivity contribution in [1.29, 1.82) is 0 Å². The molecule has 0 aliphatic heterocycles. The van der Waals surface area contributed by atoms with Crippen molar-refractivity contribution in [2.45, 2.75) is 39.2 Å². The Balaban J connectivity index is 3.57. The van der Waals surface area contributed by atoms with Crippen LogP contribution in [0.4, 0.5) is 0 Å². The lowest BCUT2D eigenvalue weighted by Crippen LogP contribution is -2.11. The van der Waals surface area contributed by atoms with Gasteiger partial charge in [0.25, 0.3) is 0 Å². The predicted molar refractivity (Wildman–Crippen MR) is 53.6 cm³/mol. The molecule has 0 aromatic rings. The van der Waals surface area contributed by atoms with Crippen molar-refractivity contribution >= 4 is 12.2 Å². The van der Waals surface area contributed by atoms with Crippen LogP contribution in [0.25, 0.3) is 0 Å². The third-order valence-corrected chi connectivity index (χ3v) is 2.32. The standard InChI is InChI=1S/C10H16N2O2/c1-9(10(2)12-8-14)5-3-4-6-11-7-13/h9-10H,3-6H2,1-2H3. The highest BCUT2D eigenvalue weighted by atomic mass is 16.1. The molecule has 0 rings (SSSR count). The second-order valence-corrected chi connectivity index (χ2v) is 3.41. The Morgan fingerprint density at radius 3 is 2.43 bits per heavy atom. The van der Waals surface area contributed by atoms with Gasteiger partial charge in [0, 0.05) is 0 Å². The molecule has 4 nitrogen and oxygen atoms in total. The zero-order chi connectivity index (χ0) is 10.8. The van der Waals surface area contributed by atoms with Crippen molar-refractivity contribution in [2.24, 2.45) is 15.9 Å². The molecule has 0 radical (unpaired) electrons. The normalized spacial score (nSPS) is 13.6. The summed E-state index contributed by atoms with van der Waals surface area (Å²) in [5.41, 5.74) is 0. The number of aliphatic imine (C=N–C) groups is 2. The van der Waals surface area contributed by atoms with E-state index in [-0.39, 0.29) is 6.04 Å². The zero-order valence-corrected chi connectivity index (χ0v) is 8.69. The fourth-order valence-corrected chi connectivity index (χ4v) is 1.15. The molecular formula is C10H16N2O2. The Morgan fingerprint density at radius 1 is 1.14 bits per heavy atom. The van der Waals surface area contributed by atoms with Crippen LogP contribution in [-0.2, 0) is 9.59 Å². The number of hydrogen-bond donors (Lipinski definition) is 0. The van der Waals surface area contributed by atoms with E-state index in [1.54, 1.807) is 6.08 Å². The van der Waals surface area contributed by atoms with Crippen LogP contribution in [0, 0.1) is 5.92 Å². The van der Waals surface area contributed by atoms with E-state index in [2.05, 4.69) is 16.9 Å². The fraction of sp³-hybridized carbons (Fsp3) is 0.800. The monoisotopic (exact) mass is 196 g/mol. The maximum atomic E-state index is 9.99. The molecule has 4 heteroatoms. The summed E-state index contributed by atoms with van der Waals surface area (Å²) in [6.45, 7) is 4.50. The summed E-state index contributed by atoms with van der Waals surface area (Å²) in [6, 6.07) is 0.0297. The van der Waals surface area contributed by atoms with E-state index in [0.717, 1.165) is 19.3 Å². The number of carbonyl (C=O) groups excluding carboxylic acids is 2. The second-order valence-electron chi connectivity index (χ2n) is 3.41. The van der Waals surface area contributed by atoms with Crippen LogP contribution in [0.1, 0.15) is 33.1 Å². The summed E-state index contributed by atoms with van der Waals surface area (Å²) in [6.07, 6.45) is 5.93. The Morgan fingerprint density at radius 2 is 1.86 bits per heavy atom. The lowest BCUT2D eigenvalue weighted by atomic mass is 9.97. The van der Waals surface area contributed by atoms with E-state index < -0.39 is 0 Å². The molecular weight excluding hydrogens is 180 g/mol. The molecule has 0 aliphatic rings. The van der Waals surface area contributed by atoms with Gasteiger partial charge in [-0.3, -0.25) is 0 Å². The molecule has 0 aromatic carbocycles. The van der Waals surface area contributed by atoms with E-state index in [0.29, 0.717) is 12.5 Å². The van der Waals surface area contributed by atoms with Gasteiger partial charge in [0.2, 0.25) is 12.2 Å². The van der Waals surface area contributed by atoms with Crippen LogP contribution < -0.4 is 0 Å². The Kier molecular flexibility index (Phi) is 7.62. The molecule has 0 saturated heterocycles. The van der Waals surface area contributed by atoms with Crippen molar-refractivity contribution in [3.8, 4) is 0 Å². The average Bonchev–Trinajstić information content (AvgIpc) is 2.17. The van der Waals surface area contributed by atoms with Crippen molar-refractivity contribution in [1.82, 2.24) is 0 Å². The highest BCUT2D eigenvalue weighted by Gasteiger charge is 2.09. The first-order valence-electron chi connectivity index (χ1n) is 4.83. The van der Waals surface area contributed by atoms with Crippen molar-refractivity contribution in [3.63, 3.8) is 0 Å². The van der Waals surface area contributed by atoms with Gasteiger partial charge in [0.15, 0.2) is 0 Å². The summed E-state index contributed by atoms with van der Waals surface area (Å²) < 4.78 is 0. The molecule has 78 valence electrons. The number of isocyanates is 2. The van der Waals surface area contributed by atoms with E-state index in [1.807, 2.05) is 6.92 Å². The smallest absolute Gasteiger partial charge is 0.211 e. The van der Waals surface area contributed by atoms with Crippen LogP contribution in [0.2, 0.25) is 0 Å². The topological polar surface area (TPSA) is 58.9 Å². The largest absolute Gasteiger partial charge is 0.235 e. The van der Waals surface area contributed by atoms with Gasteiger partial charge in [-0.15, -0.1) is 0 Å². The molecule has 0 fully saturated rings. The average molecular weight is 196 g/mol. The van der Waals surface area contributed by atoms with Gasteiger partial charge in [-0.1, -0.05) is 13.3 Å². The molecule has 0 aromatic heterocycles. The molecule has 14 heavy (non-hydrogen) atoms. The van der Waals surface area contributed by atoms with Gasteiger partial charge in [0.05, 0.1) is 12.6 Å². The highest BCUT2D eigenvalue weighted by molar-refractivity contribution is 5.33. The van der Waals surface area contributed by atoms with E-state index >= 15 is 0 Å². The Labute approximate surface area is 84.1 Å². The minimum absolute atomic E-state index is 0.0297. The molecule has 0 aliphatic carbocycles. The van der Waals surface area contributed by atoms with Gasteiger partial charge >= 0.3 is 0 Å². The number of nitrogens with zero attached hydrogens (tertiary/aromatic N) is 2. The van der Waals surface area contributed by atoms with E-state index in [9.17, 15) is 9.59 Å². The second kappa shape index (κ2) is 8.36. The van der Waals surface area contributed by atoms with Gasteiger partial charge in [-0.25, -0.2) is 19.6 Å². The first-order chi connectivity index (χ1) is 6.72. The molecule has 0 amide bonds. The molecule has 0 saturated carbocycles. The van der Waals surface area contributed by atoms with Crippen LogP contribution >= 0.6 is 0 Å². The Bertz CT molecular complexity index is 241. The third kappa shape index (κ3) is 6.30. The molecule has 0 bridgehead atoms. The zero-order valence-electron chi connectivity index (χ0n) is 8.69. The third-order valence-electron chi connectivity index (χ3n) is 2.32. The molecule has 0 N–H and O–H groups in total. The predicted octanol–water partition coefficient (Wildman–Crippen LogP) is 1.85.